The SMILES string of the molecule is Cc1cccc(OC[C@H](O)CN2CCC(N3CCNC3=O)CC2)c1. The number of ether oxygens (including phenoxy) is 1. The van der Waals surface area contributed by atoms with Crippen molar-refractivity contribution in [3.63, 3.8) is 0 Å². The fourth-order valence-electron chi connectivity index (χ4n) is 3.50. The molecule has 6 heteroatoms. The average Bonchev–Trinajstić information content (AvgIpc) is 3.00. The van der Waals surface area contributed by atoms with Crippen molar-refractivity contribution in [1.29, 1.82) is 0 Å². The molecule has 2 aliphatic heterocycles. The van der Waals surface area contributed by atoms with Gasteiger partial charge in [0.1, 0.15) is 18.5 Å². The Morgan fingerprint density at radius 1 is 1.33 bits per heavy atom. The van der Waals surface area contributed by atoms with Gasteiger partial charge in [-0.1, -0.05) is 12.1 Å². The van der Waals surface area contributed by atoms with Crippen LogP contribution in [0.4, 0.5) is 4.79 Å². The molecule has 2 aliphatic rings. The Hall–Kier alpha value is -1.79. The smallest absolute Gasteiger partial charge is 0.317 e. The van der Waals surface area contributed by atoms with Gasteiger partial charge in [0.25, 0.3) is 0 Å². The lowest BCUT2D eigenvalue weighted by atomic mass is 10.0. The third kappa shape index (κ3) is 4.39. The van der Waals surface area contributed by atoms with Crippen LogP contribution < -0.4 is 10.1 Å². The molecule has 0 spiro atoms. The number of benzene rings is 1. The number of aliphatic hydroxyl groups excluding tert-OH is 1. The summed E-state index contributed by atoms with van der Waals surface area (Å²) in [6.45, 7) is 6.34. The number of nitrogens with zero attached hydrogens (tertiary/aromatic N) is 2. The molecule has 2 fully saturated rings. The molecule has 2 saturated heterocycles. The summed E-state index contributed by atoms with van der Waals surface area (Å²) in [4.78, 5) is 15.9. The fourth-order valence-corrected chi connectivity index (χ4v) is 3.50. The van der Waals surface area contributed by atoms with Crippen LogP contribution in [-0.2, 0) is 0 Å². The monoisotopic (exact) mass is 333 g/mol. The molecule has 1 atom stereocenters. The molecule has 24 heavy (non-hydrogen) atoms. The van der Waals surface area contributed by atoms with E-state index in [1.54, 1.807) is 0 Å². The summed E-state index contributed by atoms with van der Waals surface area (Å²) in [6, 6.07) is 8.26. The molecule has 0 radical (unpaired) electrons. The highest BCUT2D eigenvalue weighted by atomic mass is 16.5. The summed E-state index contributed by atoms with van der Waals surface area (Å²) in [6.07, 6.45) is 1.44. The van der Waals surface area contributed by atoms with Gasteiger partial charge in [0.2, 0.25) is 0 Å². The Bertz CT molecular complexity index is 558. The number of carbonyl (C=O) groups excluding carboxylic acids is 1. The Morgan fingerprint density at radius 2 is 2.12 bits per heavy atom. The lowest BCUT2D eigenvalue weighted by Gasteiger charge is -2.36. The predicted octanol–water partition coefficient (Wildman–Crippen LogP) is 1.22. The van der Waals surface area contributed by atoms with Gasteiger partial charge in [-0.25, -0.2) is 4.79 Å². The van der Waals surface area contributed by atoms with Crippen molar-refractivity contribution in [2.24, 2.45) is 0 Å². The second kappa shape index (κ2) is 7.85. The number of carbonyl (C=O) groups is 1. The van der Waals surface area contributed by atoms with E-state index in [0.29, 0.717) is 19.2 Å². The van der Waals surface area contributed by atoms with Crippen molar-refractivity contribution in [1.82, 2.24) is 15.1 Å². The zero-order valence-corrected chi connectivity index (χ0v) is 14.3. The molecule has 132 valence electrons. The highest BCUT2D eigenvalue weighted by Gasteiger charge is 2.30. The first kappa shape index (κ1) is 17.0. The first-order valence-electron chi connectivity index (χ1n) is 8.76. The molecule has 2 amide bonds. The standard InChI is InChI=1S/C18H27N3O3/c1-14-3-2-4-17(11-14)24-13-16(22)12-20-8-5-15(6-9-20)21-10-7-19-18(21)23/h2-4,11,15-16,22H,5-10,12-13H2,1H3,(H,19,23)/t16-/m1/s1. The predicted molar refractivity (Wildman–Crippen MR) is 92.2 cm³/mol. The molecular formula is C18H27N3O3. The fraction of sp³-hybridized carbons (Fsp3) is 0.611. The lowest BCUT2D eigenvalue weighted by molar-refractivity contribution is 0.0508. The summed E-state index contributed by atoms with van der Waals surface area (Å²) < 4.78 is 5.67. The number of rotatable bonds is 6. The van der Waals surface area contributed by atoms with Crippen LogP contribution in [0.3, 0.4) is 0 Å². The van der Waals surface area contributed by atoms with Crippen LogP contribution in [0.2, 0.25) is 0 Å². The third-order valence-corrected chi connectivity index (χ3v) is 4.79. The molecule has 0 aliphatic carbocycles. The highest BCUT2D eigenvalue weighted by molar-refractivity contribution is 5.76. The maximum Gasteiger partial charge on any atom is 0.317 e. The molecule has 2 heterocycles. The van der Waals surface area contributed by atoms with E-state index < -0.39 is 6.10 Å². The van der Waals surface area contributed by atoms with Crippen molar-refractivity contribution in [3.8, 4) is 5.75 Å². The average molecular weight is 333 g/mol. The number of amides is 2. The lowest BCUT2D eigenvalue weighted by Crippen LogP contribution is -2.48. The summed E-state index contributed by atoms with van der Waals surface area (Å²) >= 11 is 0. The highest BCUT2D eigenvalue weighted by Crippen LogP contribution is 2.19. The van der Waals surface area contributed by atoms with Crippen molar-refractivity contribution < 1.29 is 14.6 Å². The maximum atomic E-state index is 11.7. The number of aliphatic hydroxyl groups is 1. The van der Waals surface area contributed by atoms with E-state index in [-0.39, 0.29) is 6.03 Å². The van der Waals surface area contributed by atoms with Gasteiger partial charge in [-0.05, 0) is 37.5 Å². The van der Waals surface area contributed by atoms with Crippen molar-refractivity contribution in [3.05, 3.63) is 29.8 Å². The van der Waals surface area contributed by atoms with Crippen LogP contribution in [0.15, 0.2) is 24.3 Å². The first-order chi connectivity index (χ1) is 11.6. The number of aryl methyl sites for hydroxylation is 1. The number of nitrogens with one attached hydrogen (secondary N) is 1. The number of piperidine rings is 1. The molecule has 0 unspecified atom stereocenters. The van der Waals surface area contributed by atoms with Crippen LogP contribution in [0.5, 0.6) is 5.75 Å². The molecule has 6 nitrogen and oxygen atoms in total. The van der Waals surface area contributed by atoms with Gasteiger partial charge >= 0.3 is 6.03 Å². The van der Waals surface area contributed by atoms with Crippen LogP contribution in [0.25, 0.3) is 0 Å². The minimum Gasteiger partial charge on any atom is -0.491 e. The zero-order valence-electron chi connectivity index (χ0n) is 14.3. The van der Waals surface area contributed by atoms with Gasteiger partial charge in [0.15, 0.2) is 0 Å². The summed E-state index contributed by atoms with van der Waals surface area (Å²) in [5, 5.41) is 13.1. The van der Waals surface area contributed by atoms with Gasteiger partial charge in [0.05, 0.1) is 0 Å². The number of β-amino-alcohol motifs (C(OH)–C–C–N with tert-alkyl or cyclic N) is 1. The first-order valence-corrected chi connectivity index (χ1v) is 8.76. The maximum absolute atomic E-state index is 11.7. The van der Waals surface area contributed by atoms with Gasteiger partial charge in [-0.3, -0.25) is 0 Å². The van der Waals surface area contributed by atoms with Gasteiger partial charge in [0, 0.05) is 38.8 Å². The molecule has 0 saturated carbocycles. The van der Waals surface area contributed by atoms with E-state index >= 15 is 0 Å². The number of likely N-dealkylation sites (tertiary alicyclic amines) is 1. The van der Waals surface area contributed by atoms with E-state index in [4.69, 9.17) is 4.74 Å². The normalized spacial score (nSPS) is 20.9. The summed E-state index contributed by atoms with van der Waals surface area (Å²) in [5.74, 6) is 0.799. The molecule has 0 bridgehead atoms. The summed E-state index contributed by atoms with van der Waals surface area (Å²) in [7, 11) is 0. The molecule has 1 aromatic rings. The molecule has 0 aromatic heterocycles. The quantitative estimate of drug-likeness (QED) is 0.822. The Balaban J connectivity index is 1.38. The van der Waals surface area contributed by atoms with E-state index in [0.717, 1.165) is 50.3 Å². The Labute approximate surface area is 143 Å². The van der Waals surface area contributed by atoms with Gasteiger partial charge in [-0.2, -0.15) is 0 Å². The minimum atomic E-state index is -0.503. The van der Waals surface area contributed by atoms with Crippen LogP contribution in [-0.4, -0.2) is 72.4 Å². The van der Waals surface area contributed by atoms with E-state index in [1.807, 2.05) is 36.1 Å². The third-order valence-electron chi connectivity index (χ3n) is 4.79. The minimum absolute atomic E-state index is 0.0695. The van der Waals surface area contributed by atoms with Gasteiger partial charge < -0.3 is 25.0 Å². The van der Waals surface area contributed by atoms with Crippen molar-refractivity contribution in [2.45, 2.75) is 31.9 Å². The summed E-state index contributed by atoms with van der Waals surface area (Å²) in [5.41, 5.74) is 1.15. The Morgan fingerprint density at radius 3 is 2.79 bits per heavy atom. The molecule has 1 aromatic carbocycles. The van der Waals surface area contributed by atoms with E-state index in [1.165, 1.54) is 0 Å². The van der Waals surface area contributed by atoms with Crippen LogP contribution >= 0.6 is 0 Å². The van der Waals surface area contributed by atoms with E-state index in [2.05, 4.69) is 10.2 Å². The molecule has 3 rings (SSSR count). The largest absolute Gasteiger partial charge is 0.491 e. The number of urea groups is 1. The topological polar surface area (TPSA) is 65.0 Å². The molecule has 2 N–H and O–H groups in total. The Kier molecular flexibility index (Phi) is 5.58. The second-order valence-electron chi connectivity index (χ2n) is 6.74. The second-order valence-corrected chi connectivity index (χ2v) is 6.74. The van der Waals surface area contributed by atoms with Crippen molar-refractivity contribution in [2.75, 3.05) is 39.3 Å². The molecular weight excluding hydrogens is 306 g/mol. The van der Waals surface area contributed by atoms with Crippen LogP contribution in [0, 0.1) is 6.92 Å². The zero-order chi connectivity index (χ0) is 16.9. The number of hydrogen-bond acceptors (Lipinski definition) is 4. The van der Waals surface area contributed by atoms with Crippen molar-refractivity contribution >= 4 is 6.03 Å². The van der Waals surface area contributed by atoms with Gasteiger partial charge in [-0.15, -0.1) is 0 Å². The van der Waals surface area contributed by atoms with Crippen LogP contribution in [0.1, 0.15) is 18.4 Å². The van der Waals surface area contributed by atoms with E-state index in [9.17, 15) is 9.90 Å². The number of hydrogen-bond donors (Lipinski definition) is 2.